The lowest BCUT2D eigenvalue weighted by Crippen LogP contribution is -2.14. The summed E-state index contributed by atoms with van der Waals surface area (Å²) in [5, 5.41) is 8.90. The minimum atomic E-state index is -0.488. The smallest absolute Gasteiger partial charge is 0.214 e. The van der Waals surface area contributed by atoms with Crippen LogP contribution in [0.25, 0.3) is 10.8 Å². The van der Waals surface area contributed by atoms with Gasteiger partial charge in [-0.1, -0.05) is 23.7 Å². The van der Waals surface area contributed by atoms with E-state index in [0.29, 0.717) is 24.1 Å². The Morgan fingerprint density at radius 2 is 1.86 bits per heavy atom. The number of rotatable bonds is 5. The lowest BCUT2D eigenvalue weighted by molar-refractivity contribution is 0.585. The van der Waals surface area contributed by atoms with Crippen LogP contribution >= 0.6 is 11.6 Å². The number of fused-ring (bicyclic) bond motifs is 1. The lowest BCUT2D eigenvalue weighted by atomic mass is 10.1. The minimum absolute atomic E-state index is 0.475. The van der Waals surface area contributed by atoms with Crippen LogP contribution < -0.4 is 10.6 Å². The molecule has 0 bridgehead atoms. The van der Waals surface area contributed by atoms with Crippen LogP contribution in [0.2, 0.25) is 5.15 Å². The van der Waals surface area contributed by atoms with Gasteiger partial charge < -0.3 is 10.6 Å². The van der Waals surface area contributed by atoms with Gasteiger partial charge >= 0.3 is 0 Å². The van der Waals surface area contributed by atoms with Gasteiger partial charge in [0.1, 0.15) is 11.0 Å². The van der Waals surface area contributed by atoms with E-state index < -0.39 is 5.95 Å². The first kappa shape index (κ1) is 14.5. The Labute approximate surface area is 132 Å². The number of halogens is 2. The molecule has 0 saturated heterocycles. The fraction of sp³-hybridized carbons (Fsp3) is 0.125. The van der Waals surface area contributed by atoms with Crippen molar-refractivity contribution in [3.8, 4) is 0 Å². The molecule has 0 aliphatic heterocycles. The first-order chi connectivity index (χ1) is 10.7. The van der Waals surface area contributed by atoms with E-state index in [9.17, 15) is 4.39 Å². The monoisotopic (exact) mass is 316 g/mol. The highest BCUT2D eigenvalue weighted by Gasteiger charge is 1.99. The van der Waals surface area contributed by atoms with Gasteiger partial charge in [-0.2, -0.15) is 4.39 Å². The third-order valence-electron chi connectivity index (χ3n) is 3.16. The summed E-state index contributed by atoms with van der Waals surface area (Å²) in [5.74, 6) is 0.0381. The zero-order chi connectivity index (χ0) is 15.4. The standard InChI is InChI=1S/C16H14ClFN4/c17-14-9-12-8-13(5-4-11(12)10-21-14)19-6-7-20-16-3-1-2-15(18)22-16/h1-5,8-10,19H,6-7H2,(H,20,22). The maximum absolute atomic E-state index is 12.9. The number of hydrogen-bond acceptors (Lipinski definition) is 4. The maximum atomic E-state index is 12.9. The third kappa shape index (κ3) is 3.62. The van der Waals surface area contributed by atoms with Crippen molar-refractivity contribution in [1.29, 1.82) is 0 Å². The van der Waals surface area contributed by atoms with Crippen molar-refractivity contribution in [2.45, 2.75) is 0 Å². The Balaban J connectivity index is 1.57. The molecule has 0 fully saturated rings. The van der Waals surface area contributed by atoms with Crippen LogP contribution in [0.4, 0.5) is 15.9 Å². The lowest BCUT2D eigenvalue weighted by Gasteiger charge is -2.09. The van der Waals surface area contributed by atoms with E-state index in [1.807, 2.05) is 24.3 Å². The Kier molecular flexibility index (Phi) is 4.34. The molecule has 3 aromatic rings. The van der Waals surface area contributed by atoms with E-state index in [4.69, 9.17) is 11.6 Å². The van der Waals surface area contributed by atoms with E-state index in [1.165, 1.54) is 6.07 Å². The third-order valence-corrected chi connectivity index (χ3v) is 3.37. The predicted molar refractivity (Wildman–Crippen MR) is 87.9 cm³/mol. The number of aromatic nitrogens is 2. The highest BCUT2D eigenvalue weighted by atomic mass is 35.5. The molecule has 0 spiro atoms. The molecule has 2 aromatic heterocycles. The summed E-state index contributed by atoms with van der Waals surface area (Å²) in [6.07, 6.45) is 1.75. The van der Waals surface area contributed by atoms with Gasteiger partial charge in [-0.15, -0.1) is 0 Å². The zero-order valence-corrected chi connectivity index (χ0v) is 12.4. The molecule has 0 aliphatic carbocycles. The summed E-state index contributed by atoms with van der Waals surface area (Å²) < 4.78 is 12.9. The molecular weight excluding hydrogens is 303 g/mol. The van der Waals surface area contributed by atoms with E-state index >= 15 is 0 Å². The van der Waals surface area contributed by atoms with Gasteiger partial charge in [0, 0.05) is 30.4 Å². The molecule has 0 aliphatic rings. The van der Waals surface area contributed by atoms with E-state index in [2.05, 4.69) is 20.6 Å². The van der Waals surface area contributed by atoms with Crippen molar-refractivity contribution in [3.05, 3.63) is 59.8 Å². The average Bonchev–Trinajstić information content (AvgIpc) is 2.51. The van der Waals surface area contributed by atoms with Gasteiger partial charge in [-0.3, -0.25) is 0 Å². The van der Waals surface area contributed by atoms with Crippen molar-refractivity contribution in [3.63, 3.8) is 0 Å². The summed E-state index contributed by atoms with van der Waals surface area (Å²) in [6.45, 7) is 1.31. The van der Waals surface area contributed by atoms with Crippen LogP contribution in [0.3, 0.4) is 0 Å². The first-order valence-electron chi connectivity index (χ1n) is 6.86. The molecule has 6 heteroatoms. The first-order valence-corrected chi connectivity index (χ1v) is 7.24. The van der Waals surface area contributed by atoms with Crippen LogP contribution in [-0.4, -0.2) is 23.1 Å². The van der Waals surface area contributed by atoms with Gasteiger partial charge in [0.05, 0.1) is 0 Å². The van der Waals surface area contributed by atoms with Crippen LogP contribution in [0.15, 0.2) is 48.7 Å². The van der Waals surface area contributed by atoms with E-state index in [0.717, 1.165) is 16.5 Å². The Hall–Kier alpha value is -2.40. The minimum Gasteiger partial charge on any atom is -0.383 e. The van der Waals surface area contributed by atoms with Crippen LogP contribution in [-0.2, 0) is 0 Å². The van der Waals surface area contributed by atoms with Gasteiger partial charge in [-0.05, 0) is 35.7 Å². The highest BCUT2D eigenvalue weighted by molar-refractivity contribution is 6.30. The second kappa shape index (κ2) is 6.58. The zero-order valence-electron chi connectivity index (χ0n) is 11.7. The van der Waals surface area contributed by atoms with Crippen molar-refractivity contribution < 1.29 is 4.39 Å². The molecule has 0 saturated carbocycles. The molecule has 2 heterocycles. The summed E-state index contributed by atoms with van der Waals surface area (Å²) in [6, 6.07) is 12.5. The summed E-state index contributed by atoms with van der Waals surface area (Å²) in [4.78, 5) is 7.79. The molecule has 0 unspecified atom stereocenters. The number of anilines is 2. The average molecular weight is 317 g/mol. The fourth-order valence-electron chi connectivity index (χ4n) is 2.13. The maximum Gasteiger partial charge on any atom is 0.214 e. The molecule has 0 atom stereocenters. The van der Waals surface area contributed by atoms with Crippen molar-refractivity contribution in [1.82, 2.24) is 9.97 Å². The van der Waals surface area contributed by atoms with Crippen LogP contribution in [0.1, 0.15) is 0 Å². The molecule has 22 heavy (non-hydrogen) atoms. The summed E-state index contributed by atoms with van der Waals surface area (Å²) >= 11 is 5.90. The van der Waals surface area contributed by atoms with Crippen molar-refractivity contribution >= 4 is 33.9 Å². The SMILES string of the molecule is Fc1cccc(NCCNc2ccc3cnc(Cl)cc3c2)n1. The molecule has 0 amide bonds. The number of pyridine rings is 2. The number of nitrogens with one attached hydrogen (secondary N) is 2. The predicted octanol–water partition coefficient (Wildman–Crippen LogP) is 3.95. The Morgan fingerprint density at radius 1 is 1.00 bits per heavy atom. The molecule has 2 N–H and O–H groups in total. The quantitative estimate of drug-likeness (QED) is 0.553. The second-order valence-corrected chi connectivity index (χ2v) is 5.16. The molecule has 1 aromatic carbocycles. The van der Waals surface area contributed by atoms with Crippen molar-refractivity contribution in [2.24, 2.45) is 0 Å². The number of benzene rings is 1. The topological polar surface area (TPSA) is 49.8 Å². The highest BCUT2D eigenvalue weighted by Crippen LogP contribution is 2.20. The molecular formula is C16H14ClFN4. The summed E-state index contributed by atoms with van der Waals surface area (Å²) in [7, 11) is 0. The van der Waals surface area contributed by atoms with Crippen LogP contribution in [0.5, 0.6) is 0 Å². The van der Waals surface area contributed by atoms with Gasteiger partial charge in [-0.25, -0.2) is 9.97 Å². The largest absolute Gasteiger partial charge is 0.383 e. The van der Waals surface area contributed by atoms with Crippen molar-refractivity contribution in [2.75, 3.05) is 23.7 Å². The van der Waals surface area contributed by atoms with Gasteiger partial charge in [0.25, 0.3) is 0 Å². The van der Waals surface area contributed by atoms with E-state index in [1.54, 1.807) is 18.3 Å². The molecule has 4 nitrogen and oxygen atoms in total. The van der Waals surface area contributed by atoms with E-state index in [-0.39, 0.29) is 0 Å². The normalized spacial score (nSPS) is 10.6. The molecule has 112 valence electrons. The Bertz CT molecular complexity index is 794. The van der Waals surface area contributed by atoms with Gasteiger partial charge in [0.15, 0.2) is 0 Å². The molecule has 3 rings (SSSR count). The Morgan fingerprint density at radius 3 is 2.73 bits per heavy atom. The van der Waals surface area contributed by atoms with Gasteiger partial charge in [0.2, 0.25) is 5.95 Å². The fourth-order valence-corrected chi connectivity index (χ4v) is 2.29. The summed E-state index contributed by atoms with van der Waals surface area (Å²) in [5.41, 5.74) is 0.990. The molecule has 0 radical (unpaired) electrons. The number of hydrogen-bond donors (Lipinski definition) is 2. The second-order valence-electron chi connectivity index (χ2n) is 4.77. The van der Waals surface area contributed by atoms with Crippen LogP contribution in [0, 0.1) is 5.95 Å². The number of nitrogens with zero attached hydrogens (tertiary/aromatic N) is 2.